The summed E-state index contributed by atoms with van der Waals surface area (Å²) in [6.07, 6.45) is 6.83. The van der Waals surface area contributed by atoms with Crippen LogP contribution >= 0.6 is 11.6 Å². The third-order valence-electron chi connectivity index (χ3n) is 2.69. The number of halogens is 1. The van der Waals surface area contributed by atoms with Crippen LogP contribution in [0.4, 0.5) is 5.82 Å². The molecule has 1 saturated carbocycles. The topological polar surface area (TPSA) is 47.0 Å². The van der Waals surface area contributed by atoms with Crippen molar-refractivity contribution < 1.29 is 4.74 Å². The van der Waals surface area contributed by atoms with Crippen LogP contribution in [0.2, 0.25) is 5.15 Å². The van der Waals surface area contributed by atoms with Crippen LogP contribution in [0.3, 0.4) is 0 Å². The summed E-state index contributed by atoms with van der Waals surface area (Å²) in [4.78, 5) is 8.12. The molecule has 2 atom stereocenters. The number of ether oxygens (including phenoxy) is 1. The minimum Gasteiger partial charge on any atom is -0.381 e. The first-order valence-corrected chi connectivity index (χ1v) is 5.42. The number of methoxy groups -OCH3 is 1. The molecule has 82 valence electrons. The lowest BCUT2D eigenvalue weighted by molar-refractivity contribution is 0.108. The van der Waals surface area contributed by atoms with Crippen LogP contribution in [0.15, 0.2) is 12.4 Å². The fourth-order valence-electron chi connectivity index (χ4n) is 1.88. The molecule has 1 aromatic rings. The molecule has 1 N–H and O–H groups in total. The van der Waals surface area contributed by atoms with Gasteiger partial charge >= 0.3 is 0 Å². The van der Waals surface area contributed by atoms with Gasteiger partial charge in [0.1, 0.15) is 11.0 Å². The maximum Gasteiger partial charge on any atom is 0.147 e. The van der Waals surface area contributed by atoms with E-state index >= 15 is 0 Å². The molecule has 1 fully saturated rings. The molecule has 0 saturated heterocycles. The maximum atomic E-state index is 5.65. The molecule has 0 spiro atoms. The Labute approximate surface area is 94.0 Å². The predicted molar refractivity (Wildman–Crippen MR) is 59.1 cm³/mol. The van der Waals surface area contributed by atoms with Crippen LogP contribution in [0.25, 0.3) is 0 Å². The highest BCUT2D eigenvalue weighted by Crippen LogP contribution is 2.23. The Kier molecular flexibility index (Phi) is 3.38. The largest absolute Gasteiger partial charge is 0.381 e. The van der Waals surface area contributed by atoms with Gasteiger partial charge in [0.2, 0.25) is 0 Å². The number of nitrogens with zero attached hydrogens (tertiary/aromatic N) is 2. The van der Waals surface area contributed by atoms with Crippen molar-refractivity contribution in [1.82, 2.24) is 9.97 Å². The van der Waals surface area contributed by atoms with Gasteiger partial charge < -0.3 is 10.1 Å². The van der Waals surface area contributed by atoms with Crippen LogP contribution in [0, 0.1) is 0 Å². The second-order valence-electron chi connectivity index (χ2n) is 3.74. The highest BCUT2D eigenvalue weighted by Gasteiger charge is 2.24. The van der Waals surface area contributed by atoms with Gasteiger partial charge in [0, 0.05) is 13.2 Å². The standard InChI is InChI=1S/C10H14ClN3O/c1-15-8-3-2-7(4-8)14-10-6-12-9(11)5-13-10/h5-8H,2-4H2,1H3,(H,13,14). The lowest BCUT2D eigenvalue weighted by Crippen LogP contribution is -2.18. The van der Waals surface area contributed by atoms with Crippen molar-refractivity contribution in [2.24, 2.45) is 0 Å². The average Bonchev–Trinajstić information content (AvgIpc) is 2.69. The van der Waals surface area contributed by atoms with E-state index in [4.69, 9.17) is 16.3 Å². The fourth-order valence-corrected chi connectivity index (χ4v) is 1.98. The van der Waals surface area contributed by atoms with E-state index in [1.54, 1.807) is 19.5 Å². The Balaban J connectivity index is 1.90. The van der Waals surface area contributed by atoms with Gasteiger partial charge in [0.25, 0.3) is 0 Å². The van der Waals surface area contributed by atoms with E-state index in [2.05, 4.69) is 15.3 Å². The first-order chi connectivity index (χ1) is 7.28. The van der Waals surface area contributed by atoms with Gasteiger partial charge in [-0.15, -0.1) is 0 Å². The summed E-state index contributed by atoms with van der Waals surface area (Å²) in [6.45, 7) is 0. The van der Waals surface area contributed by atoms with Gasteiger partial charge in [-0.25, -0.2) is 9.97 Å². The molecule has 2 rings (SSSR count). The van der Waals surface area contributed by atoms with E-state index in [0.29, 0.717) is 17.3 Å². The number of nitrogens with one attached hydrogen (secondary N) is 1. The number of anilines is 1. The SMILES string of the molecule is COC1CCC(Nc2cnc(Cl)cn2)C1. The van der Waals surface area contributed by atoms with Crippen LogP contribution in [0.5, 0.6) is 0 Å². The highest BCUT2D eigenvalue weighted by atomic mass is 35.5. The van der Waals surface area contributed by atoms with Crippen molar-refractivity contribution in [1.29, 1.82) is 0 Å². The Hall–Kier alpha value is -0.870. The summed E-state index contributed by atoms with van der Waals surface area (Å²) in [7, 11) is 1.76. The summed E-state index contributed by atoms with van der Waals surface area (Å²) >= 11 is 5.65. The van der Waals surface area contributed by atoms with Gasteiger partial charge in [0.05, 0.1) is 18.5 Å². The Morgan fingerprint density at radius 3 is 2.87 bits per heavy atom. The zero-order valence-electron chi connectivity index (χ0n) is 8.61. The van der Waals surface area contributed by atoms with Crippen molar-refractivity contribution in [2.75, 3.05) is 12.4 Å². The summed E-state index contributed by atoms with van der Waals surface area (Å²) in [6, 6.07) is 0.436. The number of rotatable bonds is 3. The molecular formula is C10H14ClN3O. The number of aromatic nitrogens is 2. The monoisotopic (exact) mass is 227 g/mol. The number of hydrogen-bond donors (Lipinski definition) is 1. The van der Waals surface area contributed by atoms with Crippen molar-refractivity contribution in [3.63, 3.8) is 0 Å². The molecule has 0 amide bonds. The second-order valence-corrected chi connectivity index (χ2v) is 4.12. The van der Waals surface area contributed by atoms with Gasteiger partial charge in [-0.2, -0.15) is 0 Å². The van der Waals surface area contributed by atoms with Gasteiger partial charge in [0.15, 0.2) is 0 Å². The van der Waals surface area contributed by atoms with Crippen LogP contribution in [-0.2, 0) is 4.74 Å². The van der Waals surface area contributed by atoms with E-state index in [-0.39, 0.29) is 0 Å². The molecule has 1 aliphatic carbocycles. The fraction of sp³-hybridized carbons (Fsp3) is 0.600. The van der Waals surface area contributed by atoms with Crippen LogP contribution < -0.4 is 5.32 Å². The average molecular weight is 228 g/mol. The van der Waals surface area contributed by atoms with E-state index in [1.165, 1.54) is 0 Å². The van der Waals surface area contributed by atoms with E-state index in [0.717, 1.165) is 25.1 Å². The minimum absolute atomic E-state index is 0.378. The summed E-state index contributed by atoms with van der Waals surface area (Å²) < 4.78 is 5.30. The van der Waals surface area contributed by atoms with Gasteiger partial charge in [-0.3, -0.25) is 0 Å². The van der Waals surface area contributed by atoms with Gasteiger partial charge in [-0.05, 0) is 19.3 Å². The van der Waals surface area contributed by atoms with E-state index in [1.807, 2.05) is 0 Å². The normalized spacial score (nSPS) is 25.5. The Morgan fingerprint density at radius 1 is 1.40 bits per heavy atom. The lowest BCUT2D eigenvalue weighted by atomic mass is 10.2. The second kappa shape index (κ2) is 4.77. The first kappa shape index (κ1) is 10.6. The van der Waals surface area contributed by atoms with Crippen molar-refractivity contribution in [2.45, 2.75) is 31.4 Å². The Bertz CT molecular complexity index is 317. The van der Waals surface area contributed by atoms with Crippen molar-refractivity contribution >= 4 is 17.4 Å². The Morgan fingerprint density at radius 2 is 2.27 bits per heavy atom. The summed E-state index contributed by atoms with van der Waals surface area (Å²) in [5.74, 6) is 0.779. The molecule has 0 bridgehead atoms. The molecule has 1 aliphatic rings. The molecule has 15 heavy (non-hydrogen) atoms. The maximum absolute atomic E-state index is 5.65. The molecule has 1 heterocycles. The summed E-state index contributed by atoms with van der Waals surface area (Å²) in [5, 5.41) is 3.74. The first-order valence-electron chi connectivity index (χ1n) is 5.05. The lowest BCUT2D eigenvalue weighted by Gasteiger charge is -2.12. The van der Waals surface area contributed by atoms with Crippen molar-refractivity contribution in [3.05, 3.63) is 17.5 Å². The van der Waals surface area contributed by atoms with E-state index < -0.39 is 0 Å². The zero-order valence-corrected chi connectivity index (χ0v) is 9.37. The third-order valence-corrected chi connectivity index (χ3v) is 2.89. The molecule has 4 nitrogen and oxygen atoms in total. The quantitative estimate of drug-likeness (QED) is 0.859. The molecular weight excluding hydrogens is 214 g/mol. The summed E-state index contributed by atoms with van der Waals surface area (Å²) in [5.41, 5.74) is 0. The molecule has 0 radical (unpaired) electrons. The molecule has 5 heteroatoms. The van der Waals surface area contributed by atoms with E-state index in [9.17, 15) is 0 Å². The highest BCUT2D eigenvalue weighted by molar-refractivity contribution is 6.29. The molecule has 2 unspecified atom stereocenters. The van der Waals surface area contributed by atoms with Gasteiger partial charge in [-0.1, -0.05) is 11.6 Å². The minimum atomic E-state index is 0.378. The van der Waals surface area contributed by atoms with Crippen LogP contribution in [0.1, 0.15) is 19.3 Å². The molecule has 1 aromatic heterocycles. The predicted octanol–water partition coefficient (Wildman–Crippen LogP) is 2.11. The molecule has 0 aliphatic heterocycles. The number of hydrogen-bond acceptors (Lipinski definition) is 4. The van der Waals surface area contributed by atoms with Crippen molar-refractivity contribution in [3.8, 4) is 0 Å². The zero-order chi connectivity index (χ0) is 10.7. The van der Waals surface area contributed by atoms with Crippen LogP contribution in [-0.4, -0.2) is 29.2 Å². The smallest absolute Gasteiger partial charge is 0.147 e. The molecule has 0 aromatic carbocycles. The third kappa shape index (κ3) is 2.79.